The Hall–Kier alpha value is -1.97. The molecule has 5 rings (SSSR count). The number of aromatic nitrogens is 1. The van der Waals surface area contributed by atoms with E-state index in [1.54, 1.807) is 11.0 Å². The number of thiazole rings is 1. The Morgan fingerprint density at radius 3 is 2.50 bits per heavy atom. The zero-order valence-corrected chi connectivity index (χ0v) is 23.4. The molecule has 1 aromatic carbocycles. The number of benzene rings is 1. The number of aryl methyl sites for hydroxylation is 1. The van der Waals surface area contributed by atoms with Crippen molar-refractivity contribution in [1.82, 2.24) is 15.2 Å². The Bertz CT molecular complexity index is 1090. The molecule has 2 atom stereocenters. The molecule has 1 amide bonds. The Kier molecular flexibility index (Phi) is 9.20. The first kappa shape index (κ1) is 29.0. The number of carbonyl (C=O) groups excluding carboxylic acids is 1. The highest BCUT2D eigenvalue weighted by molar-refractivity contribution is 7.09. The summed E-state index contributed by atoms with van der Waals surface area (Å²) in [6.07, 6.45) is 3.06. The van der Waals surface area contributed by atoms with Gasteiger partial charge >= 0.3 is 6.18 Å². The van der Waals surface area contributed by atoms with E-state index in [1.165, 1.54) is 23.8 Å². The van der Waals surface area contributed by atoms with Crippen LogP contribution in [0.15, 0.2) is 23.6 Å². The van der Waals surface area contributed by atoms with Gasteiger partial charge < -0.3 is 15.3 Å². The highest BCUT2D eigenvalue weighted by Crippen LogP contribution is 2.39. The lowest BCUT2D eigenvalue weighted by Crippen LogP contribution is -2.44. The fraction of sp³-hybridized carbons (Fsp3) is 0.655. The summed E-state index contributed by atoms with van der Waals surface area (Å²) in [6.45, 7) is 7.00. The monoisotopic (exact) mass is 551 g/mol. The van der Waals surface area contributed by atoms with E-state index in [2.05, 4.69) is 24.1 Å². The topological polar surface area (TPSA) is 65.5 Å². The molecule has 5 nitrogen and oxygen atoms in total. The second kappa shape index (κ2) is 12.0. The number of carbonyl (C=O) groups is 1. The van der Waals surface area contributed by atoms with E-state index in [0.717, 1.165) is 54.4 Å². The van der Waals surface area contributed by atoms with Crippen molar-refractivity contribution in [3.05, 3.63) is 51.0 Å². The molecule has 210 valence electrons. The number of amides is 1. The maximum atomic E-state index is 13.2. The normalized spacial score (nSPS) is 27.4. The molecule has 3 aliphatic rings. The highest BCUT2D eigenvalue weighted by Gasteiger charge is 2.40. The van der Waals surface area contributed by atoms with Gasteiger partial charge in [-0.3, -0.25) is 4.79 Å². The molecule has 0 bridgehead atoms. The molecule has 2 heterocycles. The standard InChI is InChI=1S/C26H32F3N3O2S.C3H8/c1-16-15-35-24(30-16)25(34)9-6-21(7-10-25)31-22-5-3-18(13-22)23(33)32-11-8-17-2-4-20(26(27,28)29)12-19(17)14-32;1-3-2/h2,4,12,15,18,21-22,31,34H,3,5-11,13-14H2,1H3;3H2,1-2H3. The van der Waals surface area contributed by atoms with Crippen LogP contribution >= 0.6 is 11.3 Å². The number of halogens is 3. The first-order valence-corrected chi connectivity index (χ1v) is 14.8. The quantitative estimate of drug-likeness (QED) is 0.464. The second-order valence-electron chi connectivity index (χ2n) is 11.2. The van der Waals surface area contributed by atoms with Gasteiger partial charge in [-0.1, -0.05) is 26.3 Å². The van der Waals surface area contributed by atoms with E-state index < -0.39 is 17.3 Å². The average molecular weight is 552 g/mol. The number of rotatable bonds is 4. The van der Waals surface area contributed by atoms with Crippen molar-refractivity contribution in [1.29, 1.82) is 0 Å². The molecule has 2 saturated carbocycles. The van der Waals surface area contributed by atoms with Crippen molar-refractivity contribution in [3.8, 4) is 0 Å². The second-order valence-corrected chi connectivity index (χ2v) is 12.0. The Balaban J connectivity index is 0.00000107. The number of aliphatic hydroxyl groups is 1. The van der Waals surface area contributed by atoms with Gasteiger partial charge in [0.05, 0.1) is 5.56 Å². The molecule has 9 heteroatoms. The van der Waals surface area contributed by atoms with Crippen LogP contribution in [0.1, 0.15) is 92.6 Å². The smallest absolute Gasteiger partial charge is 0.383 e. The summed E-state index contributed by atoms with van der Waals surface area (Å²) in [5.74, 6) is -0.0202. The van der Waals surface area contributed by atoms with E-state index in [1.807, 2.05) is 12.3 Å². The van der Waals surface area contributed by atoms with Crippen molar-refractivity contribution >= 4 is 17.2 Å². The van der Waals surface area contributed by atoms with Crippen LogP contribution in [0.3, 0.4) is 0 Å². The molecule has 2 aromatic rings. The summed E-state index contributed by atoms with van der Waals surface area (Å²) in [6, 6.07) is 4.46. The number of nitrogens with one attached hydrogen (secondary N) is 1. The van der Waals surface area contributed by atoms with Crippen LogP contribution in [0.2, 0.25) is 0 Å². The number of fused-ring (bicyclic) bond motifs is 1. The number of alkyl halides is 3. The predicted octanol–water partition coefficient (Wildman–Crippen LogP) is 6.36. The summed E-state index contributed by atoms with van der Waals surface area (Å²) < 4.78 is 39.4. The van der Waals surface area contributed by atoms with Gasteiger partial charge in [0.25, 0.3) is 0 Å². The van der Waals surface area contributed by atoms with Gasteiger partial charge in [-0.05, 0) is 81.5 Å². The predicted molar refractivity (Wildman–Crippen MR) is 144 cm³/mol. The summed E-state index contributed by atoms with van der Waals surface area (Å²) in [5, 5.41) is 17.5. The molecule has 2 N–H and O–H groups in total. The highest BCUT2D eigenvalue weighted by atomic mass is 32.1. The van der Waals surface area contributed by atoms with Crippen molar-refractivity contribution in [2.24, 2.45) is 5.92 Å². The summed E-state index contributed by atoms with van der Waals surface area (Å²) in [4.78, 5) is 19.4. The number of hydrogen-bond acceptors (Lipinski definition) is 5. The third kappa shape index (κ3) is 6.77. The van der Waals surface area contributed by atoms with Crippen LogP contribution < -0.4 is 5.32 Å². The summed E-state index contributed by atoms with van der Waals surface area (Å²) in [7, 11) is 0. The van der Waals surface area contributed by atoms with E-state index in [4.69, 9.17) is 0 Å². The largest absolute Gasteiger partial charge is 0.416 e. The minimum atomic E-state index is -4.38. The maximum absolute atomic E-state index is 13.2. The van der Waals surface area contributed by atoms with Crippen LogP contribution in [0.25, 0.3) is 0 Å². The van der Waals surface area contributed by atoms with Gasteiger partial charge in [-0.25, -0.2) is 4.98 Å². The fourth-order valence-electron chi connectivity index (χ4n) is 5.91. The van der Waals surface area contributed by atoms with Gasteiger partial charge in [0.2, 0.25) is 5.91 Å². The average Bonchev–Trinajstić information content (AvgIpc) is 3.54. The van der Waals surface area contributed by atoms with Gasteiger partial charge in [0, 0.05) is 42.2 Å². The van der Waals surface area contributed by atoms with Gasteiger partial charge in [0.15, 0.2) is 0 Å². The van der Waals surface area contributed by atoms with Crippen LogP contribution in [-0.4, -0.2) is 39.5 Å². The van der Waals surface area contributed by atoms with E-state index in [9.17, 15) is 23.1 Å². The number of nitrogens with zero attached hydrogens (tertiary/aromatic N) is 2. The van der Waals surface area contributed by atoms with E-state index in [0.29, 0.717) is 37.4 Å². The summed E-state index contributed by atoms with van der Waals surface area (Å²) in [5.41, 5.74) is 0.968. The molecular weight excluding hydrogens is 511 g/mol. The molecule has 38 heavy (non-hydrogen) atoms. The van der Waals surface area contributed by atoms with Crippen molar-refractivity contribution in [2.45, 2.75) is 109 Å². The minimum absolute atomic E-state index is 0.0644. The first-order chi connectivity index (χ1) is 18.0. The van der Waals surface area contributed by atoms with Gasteiger partial charge in [-0.2, -0.15) is 13.2 Å². The van der Waals surface area contributed by atoms with Crippen LogP contribution in [-0.2, 0) is 29.5 Å². The third-order valence-electron chi connectivity index (χ3n) is 7.94. The minimum Gasteiger partial charge on any atom is -0.383 e. The van der Waals surface area contributed by atoms with Crippen molar-refractivity contribution in [3.63, 3.8) is 0 Å². The number of hydrogen-bond donors (Lipinski definition) is 2. The Labute approximate surface area is 227 Å². The molecule has 0 spiro atoms. The third-order valence-corrected chi connectivity index (χ3v) is 9.09. The molecule has 1 aliphatic heterocycles. The first-order valence-electron chi connectivity index (χ1n) is 13.9. The molecule has 1 aromatic heterocycles. The Morgan fingerprint density at radius 1 is 1.16 bits per heavy atom. The van der Waals surface area contributed by atoms with Gasteiger partial charge in [0.1, 0.15) is 10.6 Å². The SMILES string of the molecule is CCC.Cc1csc(C2(O)CCC(NC3CCC(C(=O)N4CCc5ccc(C(F)(F)F)cc5C4)C3)CC2)n1. The summed E-state index contributed by atoms with van der Waals surface area (Å²) >= 11 is 1.52. The van der Waals surface area contributed by atoms with Gasteiger partial charge in [-0.15, -0.1) is 11.3 Å². The lowest BCUT2D eigenvalue weighted by Gasteiger charge is -2.36. The van der Waals surface area contributed by atoms with E-state index in [-0.39, 0.29) is 24.4 Å². The van der Waals surface area contributed by atoms with Crippen LogP contribution in [0.4, 0.5) is 13.2 Å². The molecule has 2 aliphatic carbocycles. The van der Waals surface area contributed by atoms with E-state index >= 15 is 0 Å². The van der Waals surface area contributed by atoms with Crippen LogP contribution in [0.5, 0.6) is 0 Å². The zero-order chi connectivity index (χ0) is 27.5. The van der Waals surface area contributed by atoms with Crippen molar-refractivity contribution < 1.29 is 23.1 Å². The lowest BCUT2D eigenvalue weighted by atomic mass is 9.82. The zero-order valence-electron chi connectivity index (χ0n) is 22.6. The molecule has 2 unspecified atom stereocenters. The maximum Gasteiger partial charge on any atom is 0.416 e. The fourth-order valence-corrected chi connectivity index (χ4v) is 6.87. The van der Waals surface area contributed by atoms with Crippen LogP contribution in [0, 0.1) is 12.8 Å². The lowest BCUT2D eigenvalue weighted by molar-refractivity contribution is -0.137. The molecular formula is C29H40F3N3O2S. The molecule has 0 saturated heterocycles. The molecule has 2 fully saturated rings. The van der Waals surface area contributed by atoms with Crippen molar-refractivity contribution in [2.75, 3.05) is 6.54 Å². The Morgan fingerprint density at radius 2 is 1.87 bits per heavy atom. The molecule has 0 radical (unpaired) electrons.